The van der Waals surface area contributed by atoms with Crippen LogP contribution in [-0.2, 0) is 9.59 Å². The third-order valence-corrected chi connectivity index (χ3v) is 3.28. The van der Waals surface area contributed by atoms with Crippen molar-refractivity contribution < 1.29 is 28.9 Å². The minimum Gasteiger partial charge on any atom is -0.493 e. The van der Waals surface area contributed by atoms with Crippen LogP contribution in [0.5, 0.6) is 5.75 Å². The number of ether oxygens (including phenoxy) is 1. The van der Waals surface area contributed by atoms with Crippen LogP contribution in [0.2, 0.25) is 0 Å². The van der Waals surface area contributed by atoms with Gasteiger partial charge in [-0.2, -0.15) is 0 Å². The van der Waals surface area contributed by atoms with Crippen LogP contribution in [0, 0.1) is 5.82 Å². The van der Waals surface area contributed by atoms with E-state index in [1.165, 1.54) is 24.3 Å². The van der Waals surface area contributed by atoms with Crippen LogP contribution >= 0.6 is 0 Å². The van der Waals surface area contributed by atoms with Gasteiger partial charge in [0.2, 0.25) is 5.91 Å². The molecule has 2 atom stereocenters. The highest BCUT2D eigenvalue weighted by Crippen LogP contribution is 2.19. The molecule has 0 spiro atoms. The molecule has 6 nitrogen and oxygen atoms in total. The molecule has 114 valence electrons. The predicted octanol–water partition coefficient (Wildman–Crippen LogP) is 0.641. The second-order valence-corrected chi connectivity index (χ2v) is 4.84. The maximum atomic E-state index is 12.7. The second-order valence-electron chi connectivity index (χ2n) is 4.84. The number of nitrogens with zero attached hydrogens (tertiary/aromatic N) is 1. The number of carboxylic acids is 1. The van der Waals surface area contributed by atoms with Gasteiger partial charge in [-0.3, -0.25) is 4.79 Å². The lowest BCUT2D eigenvalue weighted by molar-refractivity contribution is -0.148. The molecule has 21 heavy (non-hydrogen) atoms. The number of halogens is 1. The molecule has 0 saturated carbocycles. The van der Waals surface area contributed by atoms with E-state index in [9.17, 15) is 19.1 Å². The Bertz CT molecular complexity index is 519. The summed E-state index contributed by atoms with van der Waals surface area (Å²) in [5.41, 5.74) is 0. The van der Waals surface area contributed by atoms with Gasteiger partial charge in [0.15, 0.2) is 0 Å². The first-order valence-corrected chi connectivity index (χ1v) is 6.56. The molecule has 0 aliphatic carbocycles. The Morgan fingerprint density at radius 3 is 2.62 bits per heavy atom. The van der Waals surface area contributed by atoms with E-state index < -0.39 is 18.1 Å². The minimum absolute atomic E-state index is 0.00607. The number of aliphatic carboxylic acids is 1. The van der Waals surface area contributed by atoms with Crippen LogP contribution in [0.25, 0.3) is 0 Å². The molecule has 0 radical (unpaired) electrons. The zero-order valence-electron chi connectivity index (χ0n) is 11.2. The van der Waals surface area contributed by atoms with Gasteiger partial charge in [0.1, 0.15) is 17.6 Å². The van der Waals surface area contributed by atoms with Crippen molar-refractivity contribution in [2.75, 3.05) is 13.2 Å². The molecule has 1 amide bonds. The average Bonchev–Trinajstić information content (AvgIpc) is 2.83. The summed E-state index contributed by atoms with van der Waals surface area (Å²) in [6, 6.07) is 4.39. The van der Waals surface area contributed by atoms with Crippen LogP contribution < -0.4 is 4.74 Å². The van der Waals surface area contributed by atoms with E-state index in [1.54, 1.807) is 0 Å². The largest absolute Gasteiger partial charge is 0.493 e. The molecule has 0 aromatic heterocycles. The molecule has 1 aliphatic heterocycles. The third-order valence-electron chi connectivity index (χ3n) is 3.28. The summed E-state index contributed by atoms with van der Waals surface area (Å²) in [5.74, 6) is -1.46. The summed E-state index contributed by atoms with van der Waals surface area (Å²) in [4.78, 5) is 24.1. The van der Waals surface area contributed by atoms with Gasteiger partial charge < -0.3 is 19.8 Å². The van der Waals surface area contributed by atoms with Crippen LogP contribution in [0.3, 0.4) is 0 Å². The van der Waals surface area contributed by atoms with Gasteiger partial charge in [-0.1, -0.05) is 0 Å². The van der Waals surface area contributed by atoms with Crippen LogP contribution in [0.1, 0.15) is 12.8 Å². The van der Waals surface area contributed by atoms with E-state index in [1.807, 2.05) is 0 Å². The van der Waals surface area contributed by atoms with Crippen LogP contribution in [-0.4, -0.2) is 52.3 Å². The number of carbonyl (C=O) groups excluding carboxylic acids is 1. The maximum absolute atomic E-state index is 12.7. The molecule has 1 saturated heterocycles. The smallest absolute Gasteiger partial charge is 0.326 e. The molecule has 2 N–H and O–H groups in total. The number of hydrogen-bond acceptors (Lipinski definition) is 4. The Morgan fingerprint density at radius 1 is 1.33 bits per heavy atom. The van der Waals surface area contributed by atoms with Crippen molar-refractivity contribution in [3.63, 3.8) is 0 Å². The summed E-state index contributed by atoms with van der Waals surface area (Å²) < 4.78 is 18.0. The normalized spacial score (nSPS) is 21.3. The van der Waals surface area contributed by atoms with Gasteiger partial charge in [-0.05, 0) is 24.3 Å². The number of hydrogen-bond donors (Lipinski definition) is 2. The van der Waals surface area contributed by atoms with Crippen LogP contribution in [0.4, 0.5) is 4.39 Å². The van der Waals surface area contributed by atoms with Gasteiger partial charge in [0, 0.05) is 13.0 Å². The number of benzene rings is 1. The fraction of sp³-hybridized carbons (Fsp3) is 0.429. The minimum atomic E-state index is -1.13. The Kier molecular flexibility index (Phi) is 4.74. The fourth-order valence-electron chi connectivity index (χ4n) is 2.25. The van der Waals surface area contributed by atoms with E-state index >= 15 is 0 Å². The van der Waals surface area contributed by atoms with Crippen molar-refractivity contribution >= 4 is 11.9 Å². The predicted molar refractivity (Wildman–Crippen MR) is 70.3 cm³/mol. The first-order valence-electron chi connectivity index (χ1n) is 6.56. The maximum Gasteiger partial charge on any atom is 0.326 e. The SMILES string of the molecule is O=C(O)C1CC(O)CN1C(=O)CCOc1ccc(F)cc1. The van der Waals surface area contributed by atoms with Gasteiger partial charge >= 0.3 is 5.97 Å². The monoisotopic (exact) mass is 297 g/mol. The highest BCUT2D eigenvalue weighted by Gasteiger charge is 2.38. The molecule has 2 unspecified atom stereocenters. The number of likely N-dealkylation sites (tertiary alicyclic amines) is 1. The van der Waals surface area contributed by atoms with Crippen molar-refractivity contribution in [1.29, 1.82) is 0 Å². The number of carbonyl (C=O) groups is 2. The van der Waals surface area contributed by atoms with E-state index in [0.717, 1.165) is 4.90 Å². The van der Waals surface area contributed by atoms with Gasteiger partial charge in [0.05, 0.1) is 19.1 Å². The quantitative estimate of drug-likeness (QED) is 0.833. The first-order chi connectivity index (χ1) is 9.97. The summed E-state index contributed by atoms with van der Waals surface area (Å²) in [5, 5.41) is 18.5. The van der Waals surface area contributed by atoms with Gasteiger partial charge in [0.25, 0.3) is 0 Å². The zero-order valence-corrected chi connectivity index (χ0v) is 11.2. The van der Waals surface area contributed by atoms with Gasteiger partial charge in [-0.25, -0.2) is 9.18 Å². The van der Waals surface area contributed by atoms with Gasteiger partial charge in [-0.15, -0.1) is 0 Å². The Morgan fingerprint density at radius 2 is 2.00 bits per heavy atom. The lowest BCUT2D eigenvalue weighted by Crippen LogP contribution is -2.41. The molecule has 1 aliphatic rings. The topological polar surface area (TPSA) is 87.1 Å². The Hall–Kier alpha value is -2.15. The lowest BCUT2D eigenvalue weighted by Gasteiger charge is -2.21. The number of rotatable bonds is 5. The number of β-amino-alcohol motifs (C(OH)–C–C–N with tert-alkyl or cyclic N) is 1. The van der Waals surface area contributed by atoms with E-state index in [-0.39, 0.29) is 37.7 Å². The van der Waals surface area contributed by atoms with Crippen molar-refractivity contribution in [3.05, 3.63) is 30.1 Å². The highest BCUT2D eigenvalue weighted by molar-refractivity contribution is 5.84. The zero-order chi connectivity index (χ0) is 15.4. The third kappa shape index (κ3) is 3.91. The van der Waals surface area contributed by atoms with Crippen molar-refractivity contribution in [2.24, 2.45) is 0 Å². The number of amides is 1. The average molecular weight is 297 g/mol. The standard InChI is InChI=1S/C14H16FNO5/c15-9-1-3-11(4-2-9)21-6-5-13(18)16-8-10(17)7-12(16)14(19)20/h1-4,10,12,17H,5-8H2,(H,19,20). The van der Waals surface area contributed by atoms with Crippen molar-refractivity contribution in [3.8, 4) is 5.75 Å². The molecule has 7 heteroatoms. The first kappa shape index (κ1) is 15.2. The number of aliphatic hydroxyl groups excluding tert-OH is 1. The summed E-state index contributed by atoms with van der Waals surface area (Å²) in [6.07, 6.45) is -0.776. The van der Waals surface area contributed by atoms with E-state index in [4.69, 9.17) is 9.84 Å². The molecule has 1 aromatic rings. The summed E-state index contributed by atoms with van der Waals surface area (Å²) >= 11 is 0. The highest BCUT2D eigenvalue weighted by atomic mass is 19.1. The van der Waals surface area contributed by atoms with Crippen LogP contribution in [0.15, 0.2) is 24.3 Å². The number of aliphatic hydroxyl groups is 1. The van der Waals surface area contributed by atoms with E-state index in [2.05, 4.69) is 0 Å². The van der Waals surface area contributed by atoms with E-state index in [0.29, 0.717) is 5.75 Å². The Balaban J connectivity index is 1.84. The summed E-state index contributed by atoms with van der Waals surface area (Å²) in [6.45, 7) is 0.0791. The molecule has 1 heterocycles. The lowest BCUT2D eigenvalue weighted by atomic mass is 10.2. The molecule has 1 fully saturated rings. The number of carboxylic acid groups (broad SMARTS) is 1. The van der Waals surface area contributed by atoms with Crippen molar-refractivity contribution in [2.45, 2.75) is 25.0 Å². The Labute approximate surface area is 120 Å². The molecule has 2 rings (SSSR count). The molecular formula is C14H16FNO5. The molecule has 1 aromatic carbocycles. The second kappa shape index (κ2) is 6.53. The fourth-order valence-corrected chi connectivity index (χ4v) is 2.25. The summed E-state index contributed by atoms with van der Waals surface area (Å²) in [7, 11) is 0. The molecule has 0 bridgehead atoms. The molecular weight excluding hydrogens is 281 g/mol. The van der Waals surface area contributed by atoms with Crippen molar-refractivity contribution in [1.82, 2.24) is 4.90 Å².